The predicted octanol–water partition coefficient (Wildman–Crippen LogP) is -0.407. The largest absolute Gasteiger partial charge is 0.495 e. The van der Waals surface area contributed by atoms with E-state index in [1.807, 2.05) is 24.3 Å². The van der Waals surface area contributed by atoms with Crippen LogP contribution in [0.5, 0.6) is 5.75 Å². The number of rotatable bonds is 3. The fourth-order valence-corrected chi connectivity index (χ4v) is 3.09. The van der Waals surface area contributed by atoms with Gasteiger partial charge in [-0.05, 0) is 18.6 Å². The fourth-order valence-electron chi connectivity index (χ4n) is 3.09. The highest BCUT2D eigenvalue weighted by Gasteiger charge is 2.35. The number of aliphatic hydroxyl groups is 1. The Balaban J connectivity index is 1.68. The predicted molar refractivity (Wildman–Crippen MR) is 84.3 cm³/mol. The first kappa shape index (κ1) is 15.8. The molecule has 124 valence electrons. The number of amides is 2. The van der Waals surface area contributed by atoms with Crippen LogP contribution in [0.3, 0.4) is 0 Å². The molecule has 0 spiro atoms. The third kappa shape index (κ3) is 3.16. The van der Waals surface area contributed by atoms with Crippen LogP contribution in [-0.4, -0.2) is 67.3 Å². The lowest BCUT2D eigenvalue weighted by Gasteiger charge is -2.35. The Morgan fingerprint density at radius 3 is 2.78 bits per heavy atom. The lowest BCUT2D eigenvalue weighted by atomic mass is 10.1. The van der Waals surface area contributed by atoms with E-state index in [2.05, 4.69) is 5.32 Å². The third-order valence-electron chi connectivity index (χ3n) is 4.31. The number of methoxy groups -OCH3 is 1. The average molecular weight is 319 g/mol. The smallest absolute Gasteiger partial charge is 0.246 e. The van der Waals surface area contributed by atoms with Crippen LogP contribution in [0.25, 0.3) is 0 Å². The van der Waals surface area contributed by atoms with Crippen LogP contribution in [0.2, 0.25) is 0 Å². The van der Waals surface area contributed by atoms with Crippen molar-refractivity contribution in [2.75, 3.05) is 38.2 Å². The summed E-state index contributed by atoms with van der Waals surface area (Å²) in [6.45, 7) is 1.37. The number of nitrogens with zero attached hydrogens (tertiary/aromatic N) is 2. The molecular weight excluding hydrogens is 298 g/mol. The van der Waals surface area contributed by atoms with Gasteiger partial charge in [0.1, 0.15) is 12.3 Å². The van der Waals surface area contributed by atoms with E-state index in [1.54, 1.807) is 16.9 Å². The molecule has 2 N–H and O–H groups in total. The molecule has 2 saturated heterocycles. The number of para-hydroxylation sites is 2. The number of anilines is 1. The van der Waals surface area contributed by atoms with Crippen molar-refractivity contribution >= 4 is 17.5 Å². The Morgan fingerprint density at radius 1 is 1.35 bits per heavy atom. The molecule has 2 aliphatic rings. The highest BCUT2D eigenvalue weighted by atomic mass is 16.5. The topological polar surface area (TPSA) is 82.1 Å². The van der Waals surface area contributed by atoms with E-state index >= 15 is 0 Å². The molecule has 0 unspecified atom stereocenters. The van der Waals surface area contributed by atoms with Gasteiger partial charge in [0, 0.05) is 19.6 Å². The van der Waals surface area contributed by atoms with Crippen molar-refractivity contribution in [3.05, 3.63) is 24.3 Å². The van der Waals surface area contributed by atoms with Crippen molar-refractivity contribution in [3.63, 3.8) is 0 Å². The minimum absolute atomic E-state index is 0.0468. The molecule has 0 aromatic heterocycles. The van der Waals surface area contributed by atoms with E-state index in [0.29, 0.717) is 31.8 Å². The van der Waals surface area contributed by atoms with E-state index in [1.165, 1.54) is 0 Å². The molecular formula is C16H21N3O4. The van der Waals surface area contributed by atoms with E-state index < -0.39 is 12.1 Å². The molecule has 1 aromatic rings. The molecule has 2 amide bonds. The minimum atomic E-state index is -0.491. The Bertz CT molecular complexity index is 607. The molecule has 2 fully saturated rings. The van der Waals surface area contributed by atoms with Gasteiger partial charge in [-0.1, -0.05) is 12.1 Å². The number of piperazine rings is 1. The summed E-state index contributed by atoms with van der Waals surface area (Å²) in [5.74, 6) is 0.392. The second kappa shape index (κ2) is 6.55. The quantitative estimate of drug-likeness (QED) is 0.792. The van der Waals surface area contributed by atoms with E-state index in [0.717, 1.165) is 5.69 Å². The molecule has 7 heteroatoms. The summed E-state index contributed by atoms with van der Waals surface area (Å²) in [4.78, 5) is 28.1. The van der Waals surface area contributed by atoms with Crippen molar-refractivity contribution < 1.29 is 19.4 Å². The van der Waals surface area contributed by atoms with E-state index in [-0.39, 0.29) is 18.4 Å². The Hall–Kier alpha value is -2.12. The van der Waals surface area contributed by atoms with Crippen LogP contribution in [0.1, 0.15) is 6.42 Å². The Labute approximate surface area is 134 Å². The van der Waals surface area contributed by atoms with Gasteiger partial charge in [0.25, 0.3) is 0 Å². The van der Waals surface area contributed by atoms with Gasteiger partial charge in [0.2, 0.25) is 11.8 Å². The molecule has 2 aliphatic heterocycles. The van der Waals surface area contributed by atoms with Crippen LogP contribution in [-0.2, 0) is 9.59 Å². The second-order valence-electron chi connectivity index (χ2n) is 5.83. The number of hydrogen-bond donors (Lipinski definition) is 2. The molecule has 1 aromatic carbocycles. The zero-order valence-corrected chi connectivity index (χ0v) is 13.1. The normalized spacial score (nSPS) is 24.9. The zero-order valence-electron chi connectivity index (χ0n) is 13.1. The monoisotopic (exact) mass is 319 g/mol. The van der Waals surface area contributed by atoms with Crippen LogP contribution >= 0.6 is 0 Å². The average Bonchev–Trinajstić information content (AvgIpc) is 3.00. The maximum Gasteiger partial charge on any atom is 0.246 e. The highest BCUT2D eigenvalue weighted by molar-refractivity contribution is 5.99. The lowest BCUT2D eigenvalue weighted by molar-refractivity contribution is -0.138. The summed E-state index contributed by atoms with van der Waals surface area (Å²) in [5.41, 5.74) is 0.724. The lowest BCUT2D eigenvalue weighted by Crippen LogP contribution is -2.55. The van der Waals surface area contributed by atoms with Crippen molar-refractivity contribution in [2.24, 2.45) is 0 Å². The van der Waals surface area contributed by atoms with Gasteiger partial charge >= 0.3 is 0 Å². The standard InChI is InChI=1S/C16H21N3O4/c1-23-14-5-3-2-4-13(14)19-7-6-18(10-15(19)21)16(22)12-8-11(20)9-17-12/h2-5,11-12,17,20H,6-10H2,1H3/t11-,12+/m1/s1. The van der Waals surface area contributed by atoms with Crippen LogP contribution in [0.15, 0.2) is 24.3 Å². The van der Waals surface area contributed by atoms with Gasteiger partial charge in [-0.25, -0.2) is 0 Å². The highest BCUT2D eigenvalue weighted by Crippen LogP contribution is 2.29. The van der Waals surface area contributed by atoms with Gasteiger partial charge < -0.3 is 25.0 Å². The SMILES string of the molecule is COc1ccccc1N1CCN(C(=O)[C@@H]2C[C@@H](O)CN2)CC1=O. The molecule has 2 atom stereocenters. The molecule has 0 radical (unpaired) electrons. The maximum absolute atomic E-state index is 12.5. The van der Waals surface area contributed by atoms with E-state index in [9.17, 15) is 14.7 Å². The molecule has 0 bridgehead atoms. The first-order valence-corrected chi connectivity index (χ1v) is 7.73. The van der Waals surface area contributed by atoms with Gasteiger partial charge in [-0.3, -0.25) is 9.59 Å². The summed E-state index contributed by atoms with van der Waals surface area (Å²) in [6, 6.07) is 6.96. The van der Waals surface area contributed by atoms with Crippen LogP contribution in [0.4, 0.5) is 5.69 Å². The molecule has 3 rings (SSSR count). The molecule has 23 heavy (non-hydrogen) atoms. The fraction of sp³-hybridized carbons (Fsp3) is 0.500. The minimum Gasteiger partial charge on any atom is -0.495 e. The summed E-state index contributed by atoms with van der Waals surface area (Å²) in [6.07, 6.45) is -0.0887. The number of hydrogen-bond acceptors (Lipinski definition) is 5. The summed E-state index contributed by atoms with van der Waals surface area (Å²) in [5, 5.41) is 12.5. The number of aliphatic hydroxyl groups excluding tert-OH is 1. The number of benzene rings is 1. The molecule has 0 saturated carbocycles. The molecule has 2 heterocycles. The van der Waals surface area contributed by atoms with Gasteiger partial charge in [-0.2, -0.15) is 0 Å². The second-order valence-corrected chi connectivity index (χ2v) is 5.83. The number of ether oxygens (including phenoxy) is 1. The Kier molecular flexibility index (Phi) is 4.49. The van der Waals surface area contributed by atoms with Gasteiger partial charge in [0.05, 0.1) is 24.9 Å². The first-order chi connectivity index (χ1) is 11.1. The van der Waals surface area contributed by atoms with Crippen molar-refractivity contribution in [3.8, 4) is 5.75 Å². The van der Waals surface area contributed by atoms with Crippen molar-refractivity contribution in [1.29, 1.82) is 0 Å². The third-order valence-corrected chi connectivity index (χ3v) is 4.31. The first-order valence-electron chi connectivity index (χ1n) is 7.73. The number of carbonyl (C=O) groups is 2. The Morgan fingerprint density at radius 2 is 2.13 bits per heavy atom. The molecule has 0 aliphatic carbocycles. The summed E-state index contributed by atoms with van der Waals surface area (Å²) >= 11 is 0. The van der Waals surface area contributed by atoms with Crippen molar-refractivity contribution in [2.45, 2.75) is 18.6 Å². The molecule has 7 nitrogen and oxygen atoms in total. The number of nitrogens with one attached hydrogen (secondary N) is 1. The van der Waals surface area contributed by atoms with Crippen LogP contribution < -0.4 is 15.0 Å². The number of carbonyl (C=O) groups excluding carboxylic acids is 2. The van der Waals surface area contributed by atoms with E-state index in [4.69, 9.17) is 4.74 Å². The summed E-state index contributed by atoms with van der Waals surface area (Å²) < 4.78 is 5.30. The van der Waals surface area contributed by atoms with Crippen LogP contribution in [0, 0.1) is 0 Å². The zero-order chi connectivity index (χ0) is 16.4. The summed E-state index contributed by atoms with van der Waals surface area (Å²) in [7, 11) is 1.57. The van der Waals surface area contributed by atoms with Gasteiger partial charge in [0.15, 0.2) is 0 Å². The van der Waals surface area contributed by atoms with Gasteiger partial charge in [-0.15, -0.1) is 0 Å². The number of β-amino-alcohol motifs (C(OH)–C–C–N with tert-alkyl or cyclic N) is 1. The maximum atomic E-state index is 12.5. The van der Waals surface area contributed by atoms with Crippen molar-refractivity contribution in [1.82, 2.24) is 10.2 Å².